The van der Waals surface area contributed by atoms with E-state index in [1.807, 2.05) is 19.1 Å². The summed E-state index contributed by atoms with van der Waals surface area (Å²) in [7, 11) is 0. The number of hydrogen-bond donors (Lipinski definition) is 1. The fourth-order valence-corrected chi connectivity index (χ4v) is 2.58. The van der Waals surface area contributed by atoms with E-state index in [-0.39, 0.29) is 17.4 Å². The lowest BCUT2D eigenvalue weighted by molar-refractivity contribution is 0.506. The maximum atomic E-state index is 14.1. The van der Waals surface area contributed by atoms with Crippen molar-refractivity contribution in [3.63, 3.8) is 0 Å². The lowest BCUT2D eigenvalue weighted by atomic mass is 10.0. The van der Waals surface area contributed by atoms with Gasteiger partial charge in [0.05, 0.1) is 5.69 Å². The maximum Gasteiger partial charge on any atom is 0.146 e. The van der Waals surface area contributed by atoms with Gasteiger partial charge >= 0.3 is 0 Å². The Kier molecular flexibility index (Phi) is 3.13. The Labute approximate surface area is 103 Å². The van der Waals surface area contributed by atoms with Crippen LogP contribution in [0.4, 0.5) is 10.1 Å². The Morgan fingerprint density at radius 3 is 2.59 bits per heavy atom. The third kappa shape index (κ3) is 2.29. The number of halogens is 1. The summed E-state index contributed by atoms with van der Waals surface area (Å²) >= 11 is 0. The Hall–Kier alpha value is -1.09. The standard InChI is InChI=1S/C14H21FN2/c1-10(16)11-5-6-13(12(15)9-11)17-8-4-7-14(17,2)3/h5-6,9-10H,4,7-8,16H2,1-3H3/t10-/m0/s1. The van der Waals surface area contributed by atoms with Gasteiger partial charge in [-0.05, 0) is 51.3 Å². The molecule has 0 spiro atoms. The van der Waals surface area contributed by atoms with Crippen molar-refractivity contribution in [3.8, 4) is 0 Å². The van der Waals surface area contributed by atoms with E-state index in [0.717, 1.165) is 24.9 Å². The normalized spacial score (nSPS) is 20.6. The van der Waals surface area contributed by atoms with Gasteiger partial charge in [-0.25, -0.2) is 4.39 Å². The molecule has 1 saturated heterocycles. The third-order valence-electron chi connectivity index (χ3n) is 3.69. The number of rotatable bonds is 2. The zero-order chi connectivity index (χ0) is 12.6. The topological polar surface area (TPSA) is 29.3 Å². The Morgan fingerprint density at radius 1 is 1.41 bits per heavy atom. The summed E-state index contributed by atoms with van der Waals surface area (Å²) in [5.74, 6) is -0.158. The van der Waals surface area contributed by atoms with E-state index >= 15 is 0 Å². The van der Waals surface area contributed by atoms with Crippen molar-refractivity contribution in [1.82, 2.24) is 0 Å². The van der Waals surface area contributed by atoms with Crippen molar-refractivity contribution in [2.75, 3.05) is 11.4 Å². The zero-order valence-electron chi connectivity index (χ0n) is 10.8. The summed E-state index contributed by atoms with van der Waals surface area (Å²) < 4.78 is 14.1. The molecule has 2 rings (SSSR count). The fraction of sp³-hybridized carbons (Fsp3) is 0.571. The molecule has 17 heavy (non-hydrogen) atoms. The monoisotopic (exact) mass is 236 g/mol. The van der Waals surface area contributed by atoms with E-state index in [1.54, 1.807) is 6.07 Å². The molecule has 0 aliphatic carbocycles. The molecule has 94 valence electrons. The molecule has 0 saturated carbocycles. The summed E-state index contributed by atoms with van der Waals surface area (Å²) in [5.41, 5.74) is 7.37. The van der Waals surface area contributed by atoms with Gasteiger partial charge in [0.1, 0.15) is 5.82 Å². The summed E-state index contributed by atoms with van der Waals surface area (Å²) in [4.78, 5) is 2.16. The van der Waals surface area contributed by atoms with Crippen molar-refractivity contribution in [3.05, 3.63) is 29.6 Å². The molecular formula is C14H21FN2. The summed E-state index contributed by atoms with van der Waals surface area (Å²) in [6.07, 6.45) is 2.24. The van der Waals surface area contributed by atoms with Crippen molar-refractivity contribution in [2.24, 2.45) is 5.73 Å². The molecule has 1 atom stereocenters. The first kappa shape index (κ1) is 12.4. The van der Waals surface area contributed by atoms with Crippen molar-refractivity contribution < 1.29 is 4.39 Å². The SMILES string of the molecule is C[C@H](N)c1ccc(N2CCCC2(C)C)c(F)c1. The Bertz CT molecular complexity index is 413. The van der Waals surface area contributed by atoms with Crippen LogP contribution >= 0.6 is 0 Å². The molecule has 3 heteroatoms. The van der Waals surface area contributed by atoms with E-state index in [2.05, 4.69) is 18.7 Å². The van der Waals surface area contributed by atoms with Gasteiger partial charge in [0.2, 0.25) is 0 Å². The molecule has 0 unspecified atom stereocenters. The number of nitrogens with two attached hydrogens (primary N) is 1. The first-order valence-corrected chi connectivity index (χ1v) is 6.24. The van der Waals surface area contributed by atoms with Gasteiger partial charge in [0, 0.05) is 18.1 Å². The lowest BCUT2D eigenvalue weighted by Gasteiger charge is -2.34. The van der Waals surface area contributed by atoms with Crippen LogP contribution in [0.15, 0.2) is 18.2 Å². The number of nitrogens with zero attached hydrogens (tertiary/aromatic N) is 1. The molecular weight excluding hydrogens is 215 g/mol. The second-order valence-corrected chi connectivity index (χ2v) is 5.57. The molecule has 0 amide bonds. The quantitative estimate of drug-likeness (QED) is 0.854. The van der Waals surface area contributed by atoms with Crippen LogP contribution < -0.4 is 10.6 Å². The van der Waals surface area contributed by atoms with Gasteiger partial charge < -0.3 is 10.6 Å². The van der Waals surface area contributed by atoms with Gasteiger partial charge in [-0.3, -0.25) is 0 Å². The van der Waals surface area contributed by atoms with Gasteiger partial charge in [0.15, 0.2) is 0 Å². The van der Waals surface area contributed by atoms with Crippen LogP contribution in [0.5, 0.6) is 0 Å². The van der Waals surface area contributed by atoms with E-state index in [4.69, 9.17) is 5.73 Å². The first-order chi connectivity index (χ1) is 7.92. The Morgan fingerprint density at radius 2 is 2.12 bits per heavy atom. The van der Waals surface area contributed by atoms with E-state index < -0.39 is 0 Å². The van der Waals surface area contributed by atoms with E-state index in [0.29, 0.717) is 5.69 Å². The molecule has 1 aliphatic rings. The molecule has 0 radical (unpaired) electrons. The molecule has 1 aromatic rings. The predicted molar refractivity (Wildman–Crippen MR) is 69.7 cm³/mol. The first-order valence-electron chi connectivity index (χ1n) is 6.24. The van der Waals surface area contributed by atoms with Gasteiger partial charge in [-0.15, -0.1) is 0 Å². The van der Waals surface area contributed by atoms with Crippen LogP contribution in [0.1, 0.15) is 45.2 Å². The predicted octanol–water partition coefficient (Wildman–Crippen LogP) is 3.22. The second-order valence-electron chi connectivity index (χ2n) is 5.57. The average Bonchev–Trinajstić information content (AvgIpc) is 2.58. The highest BCUT2D eigenvalue weighted by Crippen LogP contribution is 2.35. The van der Waals surface area contributed by atoms with Gasteiger partial charge in [-0.2, -0.15) is 0 Å². The highest BCUT2D eigenvalue weighted by Gasteiger charge is 2.33. The molecule has 1 aliphatic heterocycles. The minimum Gasteiger partial charge on any atom is -0.364 e. The minimum absolute atomic E-state index is 0.0523. The highest BCUT2D eigenvalue weighted by atomic mass is 19.1. The minimum atomic E-state index is -0.158. The molecule has 1 aromatic carbocycles. The fourth-order valence-electron chi connectivity index (χ4n) is 2.58. The van der Waals surface area contributed by atoms with Crippen molar-refractivity contribution in [1.29, 1.82) is 0 Å². The van der Waals surface area contributed by atoms with Crippen molar-refractivity contribution >= 4 is 5.69 Å². The Balaban J connectivity index is 2.34. The van der Waals surface area contributed by atoms with Crippen LogP contribution in [-0.2, 0) is 0 Å². The van der Waals surface area contributed by atoms with E-state index in [1.165, 1.54) is 0 Å². The highest BCUT2D eigenvalue weighted by molar-refractivity contribution is 5.52. The molecule has 0 bridgehead atoms. The average molecular weight is 236 g/mol. The third-order valence-corrected chi connectivity index (χ3v) is 3.69. The van der Waals surface area contributed by atoms with Crippen LogP contribution in [0, 0.1) is 5.82 Å². The molecule has 1 fully saturated rings. The molecule has 1 heterocycles. The van der Waals surface area contributed by atoms with Gasteiger partial charge in [0.25, 0.3) is 0 Å². The van der Waals surface area contributed by atoms with Crippen LogP contribution in [-0.4, -0.2) is 12.1 Å². The molecule has 2 N–H and O–H groups in total. The number of hydrogen-bond acceptors (Lipinski definition) is 2. The summed E-state index contributed by atoms with van der Waals surface area (Å²) in [5, 5.41) is 0. The van der Waals surface area contributed by atoms with Crippen LogP contribution in [0.25, 0.3) is 0 Å². The lowest BCUT2D eigenvalue weighted by Crippen LogP contribution is -2.38. The summed E-state index contributed by atoms with van der Waals surface area (Å²) in [6.45, 7) is 7.13. The molecule has 2 nitrogen and oxygen atoms in total. The summed E-state index contributed by atoms with van der Waals surface area (Å²) in [6, 6.07) is 5.23. The van der Waals surface area contributed by atoms with Crippen molar-refractivity contribution in [2.45, 2.75) is 45.2 Å². The maximum absolute atomic E-state index is 14.1. The largest absolute Gasteiger partial charge is 0.364 e. The molecule has 0 aromatic heterocycles. The second kappa shape index (κ2) is 4.30. The van der Waals surface area contributed by atoms with Crippen LogP contribution in [0.2, 0.25) is 0 Å². The smallest absolute Gasteiger partial charge is 0.146 e. The van der Waals surface area contributed by atoms with Gasteiger partial charge in [-0.1, -0.05) is 6.07 Å². The number of benzene rings is 1. The zero-order valence-corrected chi connectivity index (χ0v) is 10.8. The van der Waals surface area contributed by atoms with E-state index in [9.17, 15) is 4.39 Å². The number of anilines is 1. The van der Waals surface area contributed by atoms with Crippen LogP contribution in [0.3, 0.4) is 0 Å².